The van der Waals surface area contributed by atoms with Gasteiger partial charge in [-0.3, -0.25) is 0 Å². The van der Waals surface area contributed by atoms with E-state index in [2.05, 4.69) is 0 Å². The Morgan fingerprint density at radius 3 is 1.93 bits per heavy atom. The standard InChI is InChI=1S/C19H12F6O2/c1-9-3-10(2)16-14(4-9)15(17(26)27-16)7-11-5-12(18(20,21)22)8-13(6-11)19(23,24)25/h3-8H,1-2H3/b15-7-. The van der Waals surface area contributed by atoms with Crippen LogP contribution in [0.1, 0.15) is 33.4 Å². The highest BCUT2D eigenvalue weighted by atomic mass is 19.4. The second-order valence-electron chi connectivity index (χ2n) is 6.25. The summed E-state index contributed by atoms with van der Waals surface area (Å²) in [5, 5.41) is 0. The van der Waals surface area contributed by atoms with E-state index in [0.29, 0.717) is 23.3 Å². The monoisotopic (exact) mass is 386 g/mol. The third kappa shape index (κ3) is 3.70. The van der Waals surface area contributed by atoms with Gasteiger partial charge < -0.3 is 4.74 Å². The summed E-state index contributed by atoms with van der Waals surface area (Å²) in [6, 6.07) is 4.52. The molecule has 0 unspecified atom stereocenters. The molecule has 2 nitrogen and oxygen atoms in total. The second kappa shape index (κ2) is 6.14. The maximum Gasteiger partial charge on any atom is 0.416 e. The maximum absolute atomic E-state index is 13.0. The van der Waals surface area contributed by atoms with Crippen molar-refractivity contribution in [1.82, 2.24) is 0 Å². The molecule has 0 atom stereocenters. The van der Waals surface area contributed by atoms with Gasteiger partial charge in [0, 0.05) is 5.56 Å². The lowest BCUT2D eigenvalue weighted by Crippen LogP contribution is -2.11. The number of esters is 1. The number of alkyl halides is 6. The smallest absolute Gasteiger partial charge is 0.416 e. The molecule has 0 N–H and O–H groups in total. The Morgan fingerprint density at radius 1 is 0.852 bits per heavy atom. The van der Waals surface area contributed by atoms with Crippen molar-refractivity contribution in [2.75, 3.05) is 0 Å². The fourth-order valence-corrected chi connectivity index (χ4v) is 2.91. The van der Waals surface area contributed by atoms with E-state index < -0.39 is 35.0 Å². The van der Waals surface area contributed by atoms with Gasteiger partial charge in [-0.1, -0.05) is 6.07 Å². The molecule has 8 heteroatoms. The number of halogens is 6. The minimum Gasteiger partial charge on any atom is -0.422 e. The Kier molecular flexibility index (Phi) is 4.32. The Bertz CT molecular complexity index is 935. The topological polar surface area (TPSA) is 26.3 Å². The van der Waals surface area contributed by atoms with Crippen molar-refractivity contribution >= 4 is 17.6 Å². The number of benzene rings is 2. The van der Waals surface area contributed by atoms with Crippen LogP contribution in [-0.4, -0.2) is 5.97 Å². The van der Waals surface area contributed by atoms with Crippen LogP contribution in [0.25, 0.3) is 11.6 Å². The molecular weight excluding hydrogens is 374 g/mol. The van der Waals surface area contributed by atoms with Gasteiger partial charge in [0.15, 0.2) is 0 Å². The Morgan fingerprint density at radius 2 is 1.41 bits per heavy atom. The predicted molar refractivity (Wildman–Crippen MR) is 85.9 cm³/mol. The molecule has 0 fully saturated rings. The lowest BCUT2D eigenvalue weighted by molar-refractivity contribution is -0.143. The number of ether oxygens (including phenoxy) is 1. The first-order chi connectivity index (χ1) is 12.4. The van der Waals surface area contributed by atoms with E-state index in [9.17, 15) is 31.1 Å². The number of hydrogen-bond acceptors (Lipinski definition) is 2. The average Bonchev–Trinajstić information content (AvgIpc) is 2.82. The SMILES string of the molecule is Cc1cc(C)c2c(c1)/C(=C/c1cc(C(F)(F)F)cc(C(F)(F)F)c1)C(=O)O2. The average molecular weight is 386 g/mol. The molecule has 142 valence electrons. The van der Waals surface area contributed by atoms with Crippen LogP contribution >= 0.6 is 0 Å². The van der Waals surface area contributed by atoms with Crippen LogP contribution < -0.4 is 4.74 Å². The summed E-state index contributed by atoms with van der Waals surface area (Å²) < 4.78 is 83.1. The molecule has 0 saturated carbocycles. The normalized spacial score (nSPS) is 15.9. The number of fused-ring (bicyclic) bond motifs is 1. The third-order valence-corrected chi connectivity index (χ3v) is 4.04. The summed E-state index contributed by atoms with van der Waals surface area (Å²) >= 11 is 0. The van der Waals surface area contributed by atoms with Crippen LogP contribution in [-0.2, 0) is 17.1 Å². The molecule has 2 aromatic rings. The van der Waals surface area contributed by atoms with Crippen molar-refractivity contribution in [2.24, 2.45) is 0 Å². The zero-order valence-corrected chi connectivity index (χ0v) is 14.0. The Balaban J connectivity index is 2.20. The summed E-state index contributed by atoms with van der Waals surface area (Å²) in [7, 11) is 0. The molecule has 1 aliphatic heterocycles. The van der Waals surface area contributed by atoms with Gasteiger partial charge in [-0.05, 0) is 60.9 Å². The molecule has 2 aromatic carbocycles. The van der Waals surface area contributed by atoms with Crippen molar-refractivity contribution in [3.63, 3.8) is 0 Å². The van der Waals surface area contributed by atoms with Gasteiger partial charge in [-0.25, -0.2) is 4.79 Å². The van der Waals surface area contributed by atoms with Crippen LogP contribution in [0.4, 0.5) is 26.3 Å². The highest BCUT2D eigenvalue weighted by Crippen LogP contribution is 2.40. The van der Waals surface area contributed by atoms with Crippen molar-refractivity contribution in [2.45, 2.75) is 26.2 Å². The molecule has 3 rings (SSSR count). The van der Waals surface area contributed by atoms with Crippen molar-refractivity contribution < 1.29 is 35.9 Å². The van der Waals surface area contributed by atoms with Gasteiger partial charge in [0.2, 0.25) is 0 Å². The molecule has 0 spiro atoms. The summed E-state index contributed by atoms with van der Waals surface area (Å²) in [5.74, 6) is -0.579. The molecule has 27 heavy (non-hydrogen) atoms. The molecular formula is C19H12F6O2. The summed E-state index contributed by atoms with van der Waals surface area (Å²) in [6.07, 6.45) is -8.94. The van der Waals surface area contributed by atoms with E-state index in [1.165, 1.54) is 0 Å². The molecule has 0 radical (unpaired) electrons. The van der Waals surface area contributed by atoms with Crippen LogP contribution in [0.15, 0.2) is 30.3 Å². The summed E-state index contributed by atoms with van der Waals surface area (Å²) in [5.41, 5.74) is -1.63. The summed E-state index contributed by atoms with van der Waals surface area (Å²) in [4.78, 5) is 12.1. The lowest BCUT2D eigenvalue weighted by Gasteiger charge is -2.13. The minimum absolute atomic E-state index is 0.0389. The van der Waals surface area contributed by atoms with Crippen LogP contribution in [0, 0.1) is 13.8 Å². The predicted octanol–water partition coefficient (Wildman–Crippen LogP) is 5.80. The fraction of sp³-hybridized carbons (Fsp3) is 0.211. The highest BCUT2D eigenvalue weighted by Gasteiger charge is 2.37. The Hall–Kier alpha value is -2.77. The second-order valence-corrected chi connectivity index (χ2v) is 6.25. The quantitative estimate of drug-likeness (QED) is 0.268. The fourth-order valence-electron chi connectivity index (χ4n) is 2.91. The molecule has 0 aromatic heterocycles. The molecule has 1 heterocycles. The van der Waals surface area contributed by atoms with Crippen molar-refractivity contribution in [3.8, 4) is 5.75 Å². The van der Waals surface area contributed by atoms with Crippen LogP contribution in [0.5, 0.6) is 5.75 Å². The van der Waals surface area contributed by atoms with Crippen LogP contribution in [0.3, 0.4) is 0 Å². The highest BCUT2D eigenvalue weighted by molar-refractivity contribution is 6.26. The first-order valence-corrected chi connectivity index (χ1v) is 7.71. The third-order valence-electron chi connectivity index (χ3n) is 4.04. The largest absolute Gasteiger partial charge is 0.422 e. The van der Waals surface area contributed by atoms with E-state index >= 15 is 0 Å². The van der Waals surface area contributed by atoms with Gasteiger partial charge in [0.05, 0.1) is 16.7 Å². The molecule has 0 aliphatic carbocycles. The van der Waals surface area contributed by atoms with Gasteiger partial charge in [-0.2, -0.15) is 26.3 Å². The van der Waals surface area contributed by atoms with Gasteiger partial charge in [-0.15, -0.1) is 0 Å². The summed E-state index contributed by atoms with van der Waals surface area (Å²) in [6.45, 7) is 3.44. The lowest BCUT2D eigenvalue weighted by atomic mass is 9.98. The van der Waals surface area contributed by atoms with Gasteiger partial charge in [0.1, 0.15) is 5.75 Å². The number of carbonyl (C=O) groups is 1. The van der Waals surface area contributed by atoms with E-state index in [4.69, 9.17) is 4.74 Å². The minimum atomic E-state index is -4.96. The first kappa shape index (κ1) is 19.0. The van der Waals surface area contributed by atoms with E-state index in [-0.39, 0.29) is 17.4 Å². The Labute approximate surface area is 150 Å². The molecule has 1 aliphatic rings. The number of rotatable bonds is 1. The first-order valence-electron chi connectivity index (χ1n) is 7.71. The van der Waals surface area contributed by atoms with Crippen molar-refractivity contribution in [1.29, 1.82) is 0 Å². The number of aryl methyl sites for hydroxylation is 2. The van der Waals surface area contributed by atoms with E-state index in [1.54, 1.807) is 26.0 Å². The van der Waals surface area contributed by atoms with Gasteiger partial charge >= 0.3 is 18.3 Å². The molecule has 0 saturated heterocycles. The molecule has 0 amide bonds. The number of carbonyl (C=O) groups excluding carboxylic acids is 1. The van der Waals surface area contributed by atoms with Gasteiger partial charge in [0.25, 0.3) is 0 Å². The number of hydrogen-bond donors (Lipinski definition) is 0. The zero-order valence-electron chi connectivity index (χ0n) is 14.0. The molecule has 0 bridgehead atoms. The van der Waals surface area contributed by atoms with E-state index in [1.807, 2.05) is 0 Å². The zero-order chi connectivity index (χ0) is 20.1. The maximum atomic E-state index is 13.0. The van der Waals surface area contributed by atoms with Crippen LogP contribution in [0.2, 0.25) is 0 Å². The van der Waals surface area contributed by atoms with E-state index in [0.717, 1.165) is 11.6 Å². The van der Waals surface area contributed by atoms with Crippen molar-refractivity contribution in [3.05, 3.63) is 63.7 Å².